The van der Waals surface area contributed by atoms with Crippen LogP contribution in [0.1, 0.15) is 17.0 Å². The monoisotopic (exact) mass is 315 g/mol. The molecule has 1 saturated heterocycles. The summed E-state index contributed by atoms with van der Waals surface area (Å²) in [5, 5.41) is 9.21. The normalized spacial score (nSPS) is 15.1. The number of aromatic nitrogens is 1. The highest BCUT2D eigenvalue weighted by Crippen LogP contribution is 2.25. The fourth-order valence-electron chi connectivity index (χ4n) is 3.13. The third kappa shape index (κ3) is 3.29. The summed E-state index contributed by atoms with van der Waals surface area (Å²) in [5.41, 5.74) is 4.15. The van der Waals surface area contributed by atoms with Gasteiger partial charge in [0.2, 0.25) is 0 Å². The van der Waals surface area contributed by atoms with E-state index in [-0.39, 0.29) is 12.4 Å². The molecule has 0 aliphatic carbocycles. The maximum atomic E-state index is 14.4. The smallest absolute Gasteiger partial charge is 0.151 e. The number of benzene rings is 1. The molecule has 0 bridgehead atoms. The second-order valence-corrected chi connectivity index (χ2v) is 5.99. The molecule has 2 heterocycles. The molecular formula is C18H22FN3O. The Hall–Kier alpha value is -2.14. The highest BCUT2D eigenvalue weighted by atomic mass is 19.1. The maximum absolute atomic E-state index is 14.4. The molecule has 122 valence electrons. The Balaban J connectivity index is 1.73. The molecule has 0 unspecified atom stereocenters. The van der Waals surface area contributed by atoms with Crippen molar-refractivity contribution in [2.75, 3.05) is 36.0 Å². The zero-order valence-corrected chi connectivity index (χ0v) is 13.6. The summed E-state index contributed by atoms with van der Waals surface area (Å²) in [5.74, 6) is -0.306. The molecule has 0 atom stereocenters. The molecule has 4 nitrogen and oxygen atoms in total. The summed E-state index contributed by atoms with van der Waals surface area (Å²) in [6.45, 7) is 6.93. The highest BCUT2D eigenvalue weighted by Gasteiger charge is 2.21. The van der Waals surface area contributed by atoms with Gasteiger partial charge in [-0.15, -0.1) is 0 Å². The predicted molar refractivity (Wildman–Crippen MR) is 90.5 cm³/mol. The molecule has 0 saturated carbocycles. The minimum Gasteiger partial charge on any atom is -0.392 e. The topological polar surface area (TPSA) is 39.6 Å². The Morgan fingerprint density at radius 3 is 2.26 bits per heavy atom. The average molecular weight is 315 g/mol. The van der Waals surface area contributed by atoms with Gasteiger partial charge in [-0.25, -0.2) is 4.39 Å². The average Bonchev–Trinajstić information content (AvgIpc) is 2.54. The molecule has 1 fully saturated rings. The number of hydrogen-bond acceptors (Lipinski definition) is 4. The number of aliphatic hydroxyl groups excluding tert-OH is 1. The van der Waals surface area contributed by atoms with Crippen LogP contribution in [0.2, 0.25) is 0 Å². The van der Waals surface area contributed by atoms with Crippen LogP contribution in [0.25, 0.3) is 0 Å². The van der Waals surface area contributed by atoms with Crippen molar-refractivity contribution in [3.8, 4) is 0 Å². The fraction of sp³-hybridized carbons (Fsp3) is 0.389. The lowest BCUT2D eigenvalue weighted by Crippen LogP contribution is -2.47. The Labute approximate surface area is 136 Å². The third-order valence-electron chi connectivity index (χ3n) is 4.28. The largest absolute Gasteiger partial charge is 0.392 e. The summed E-state index contributed by atoms with van der Waals surface area (Å²) in [6.07, 6.45) is 0. The number of rotatable bonds is 3. The van der Waals surface area contributed by atoms with Gasteiger partial charge in [0.1, 0.15) is 0 Å². The van der Waals surface area contributed by atoms with Crippen molar-refractivity contribution in [2.45, 2.75) is 20.5 Å². The molecule has 0 amide bonds. The van der Waals surface area contributed by atoms with E-state index in [2.05, 4.69) is 22.0 Å². The second kappa shape index (κ2) is 6.54. The van der Waals surface area contributed by atoms with Gasteiger partial charge in [0, 0.05) is 48.8 Å². The van der Waals surface area contributed by atoms with E-state index in [1.165, 1.54) is 5.69 Å². The van der Waals surface area contributed by atoms with Crippen molar-refractivity contribution in [1.29, 1.82) is 0 Å². The number of hydrogen-bond donors (Lipinski definition) is 1. The molecule has 0 spiro atoms. The summed E-state index contributed by atoms with van der Waals surface area (Å²) >= 11 is 0. The van der Waals surface area contributed by atoms with Gasteiger partial charge >= 0.3 is 0 Å². The van der Waals surface area contributed by atoms with Crippen LogP contribution in [-0.2, 0) is 6.61 Å². The second-order valence-electron chi connectivity index (χ2n) is 5.99. The number of pyridine rings is 1. The molecule has 1 aliphatic heterocycles. The first-order chi connectivity index (χ1) is 11.1. The maximum Gasteiger partial charge on any atom is 0.151 e. The number of aryl methyl sites for hydroxylation is 2. The van der Waals surface area contributed by atoms with E-state index in [0.717, 1.165) is 37.6 Å². The Morgan fingerprint density at radius 1 is 1.04 bits per heavy atom. The zero-order chi connectivity index (χ0) is 16.4. The van der Waals surface area contributed by atoms with Crippen molar-refractivity contribution in [1.82, 2.24) is 4.98 Å². The van der Waals surface area contributed by atoms with Gasteiger partial charge in [0.15, 0.2) is 5.82 Å². The number of anilines is 2. The Morgan fingerprint density at radius 2 is 1.65 bits per heavy atom. The van der Waals surface area contributed by atoms with Gasteiger partial charge in [-0.05, 0) is 32.0 Å². The van der Waals surface area contributed by atoms with Gasteiger partial charge in [0.25, 0.3) is 0 Å². The van der Waals surface area contributed by atoms with Crippen LogP contribution in [0.15, 0.2) is 30.3 Å². The van der Waals surface area contributed by atoms with E-state index in [1.54, 1.807) is 18.2 Å². The van der Waals surface area contributed by atoms with Crippen LogP contribution in [0.5, 0.6) is 0 Å². The molecule has 5 heteroatoms. The van der Waals surface area contributed by atoms with Gasteiger partial charge in [-0.1, -0.05) is 12.1 Å². The number of piperazine rings is 1. The molecule has 3 rings (SSSR count). The molecule has 2 aromatic rings. The van der Waals surface area contributed by atoms with Gasteiger partial charge in [-0.3, -0.25) is 4.98 Å². The minimum atomic E-state index is -0.306. The minimum absolute atomic E-state index is 0.269. The molecule has 23 heavy (non-hydrogen) atoms. The quantitative estimate of drug-likeness (QED) is 0.945. The predicted octanol–water partition coefficient (Wildman–Crippen LogP) is 2.66. The molecule has 1 aliphatic rings. The summed E-state index contributed by atoms with van der Waals surface area (Å²) in [6, 6.07) is 9.39. The zero-order valence-electron chi connectivity index (χ0n) is 13.6. The standard InChI is InChI=1S/C18H22FN3O/c1-13-10-16(11-14(2)20-13)21-6-8-22(9-7-21)17-5-3-4-15(12-23)18(17)19/h3-5,10-11,23H,6-9,12H2,1-2H3. The SMILES string of the molecule is Cc1cc(N2CCN(c3cccc(CO)c3F)CC2)cc(C)n1. The van der Waals surface area contributed by atoms with Crippen molar-refractivity contribution in [2.24, 2.45) is 0 Å². The Kier molecular flexibility index (Phi) is 4.48. The first-order valence-electron chi connectivity index (χ1n) is 7.92. The van der Waals surface area contributed by atoms with Crippen molar-refractivity contribution in [3.05, 3.63) is 53.1 Å². The number of aliphatic hydroxyl groups is 1. The van der Waals surface area contributed by atoms with Crippen LogP contribution in [0, 0.1) is 19.7 Å². The van der Waals surface area contributed by atoms with Crippen LogP contribution in [0.3, 0.4) is 0 Å². The van der Waals surface area contributed by atoms with Crippen LogP contribution in [-0.4, -0.2) is 36.3 Å². The lowest BCUT2D eigenvalue weighted by molar-refractivity contribution is 0.276. The van der Waals surface area contributed by atoms with Gasteiger partial charge < -0.3 is 14.9 Å². The van der Waals surface area contributed by atoms with E-state index in [1.807, 2.05) is 18.7 Å². The fourth-order valence-corrected chi connectivity index (χ4v) is 3.13. The molecule has 1 aromatic carbocycles. The molecule has 1 N–H and O–H groups in total. The van der Waals surface area contributed by atoms with E-state index < -0.39 is 0 Å². The van der Waals surface area contributed by atoms with E-state index in [0.29, 0.717) is 11.3 Å². The van der Waals surface area contributed by atoms with Crippen molar-refractivity contribution in [3.63, 3.8) is 0 Å². The lowest BCUT2D eigenvalue weighted by atomic mass is 10.1. The first-order valence-corrected chi connectivity index (χ1v) is 7.92. The summed E-state index contributed by atoms with van der Waals surface area (Å²) < 4.78 is 14.4. The summed E-state index contributed by atoms with van der Waals surface area (Å²) in [4.78, 5) is 8.77. The molecule has 0 radical (unpaired) electrons. The van der Waals surface area contributed by atoms with Gasteiger partial charge in [0.05, 0.1) is 12.3 Å². The van der Waals surface area contributed by atoms with E-state index >= 15 is 0 Å². The van der Waals surface area contributed by atoms with Crippen LogP contribution < -0.4 is 9.80 Å². The lowest BCUT2D eigenvalue weighted by Gasteiger charge is -2.37. The third-order valence-corrected chi connectivity index (χ3v) is 4.28. The Bertz CT molecular complexity index is 676. The van der Waals surface area contributed by atoms with E-state index in [4.69, 9.17) is 0 Å². The van der Waals surface area contributed by atoms with Gasteiger partial charge in [-0.2, -0.15) is 0 Å². The highest BCUT2D eigenvalue weighted by molar-refractivity contribution is 5.54. The van der Waals surface area contributed by atoms with Crippen molar-refractivity contribution >= 4 is 11.4 Å². The molecule has 1 aromatic heterocycles. The van der Waals surface area contributed by atoms with E-state index in [9.17, 15) is 9.50 Å². The first kappa shape index (κ1) is 15.7. The van der Waals surface area contributed by atoms with Crippen LogP contribution in [0.4, 0.5) is 15.8 Å². The number of nitrogens with zero attached hydrogens (tertiary/aromatic N) is 3. The summed E-state index contributed by atoms with van der Waals surface area (Å²) in [7, 11) is 0. The van der Waals surface area contributed by atoms with Crippen LogP contribution >= 0.6 is 0 Å². The molecular weight excluding hydrogens is 293 g/mol. The number of halogens is 1. The van der Waals surface area contributed by atoms with Crippen molar-refractivity contribution < 1.29 is 9.50 Å².